The summed E-state index contributed by atoms with van der Waals surface area (Å²) in [5.41, 5.74) is 2.71. The highest BCUT2D eigenvalue weighted by molar-refractivity contribution is 5.97. The van der Waals surface area contributed by atoms with Crippen molar-refractivity contribution < 1.29 is 23.8 Å². The lowest BCUT2D eigenvalue weighted by atomic mass is 9.78. The average Bonchev–Trinajstić information content (AvgIpc) is 3.40. The molecule has 0 spiro atoms. The van der Waals surface area contributed by atoms with E-state index in [9.17, 15) is 14.3 Å². The van der Waals surface area contributed by atoms with Gasteiger partial charge in [-0.25, -0.2) is 9.37 Å². The van der Waals surface area contributed by atoms with Crippen LogP contribution in [0.3, 0.4) is 0 Å². The van der Waals surface area contributed by atoms with Gasteiger partial charge in [0.2, 0.25) is 5.88 Å². The molecule has 6 nitrogen and oxygen atoms in total. The minimum Gasteiger partial charge on any atom is -0.488 e. The largest absolute Gasteiger partial charge is 0.488 e. The number of likely N-dealkylation sites (tertiary alicyclic amines) is 1. The molecular formula is C24H27FN2O4. The SMILES string of the molecule is COc1nc2c(cc1C(=O)N1C[C@H]3C[C@@H](Oc4ccc(F)cc4)[C@H](O)C[C@H]3C1)CCC2. The second-order valence-corrected chi connectivity index (χ2v) is 8.88. The van der Waals surface area contributed by atoms with Gasteiger partial charge in [0, 0.05) is 18.8 Å². The molecule has 1 aromatic carbocycles. The van der Waals surface area contributed by atoms with E-state index in [0.29, 0.717) is 43.1 Å². The van der Waals surface area contributed by atoms with Crippen molar-refractivity contribution in [3.05, 3.63) is 53.0 Å². The standard InChI is InChI=1S/C24H27FN2O4/c1-30-23-19(9-14-3-2-4-20(14)26-23)24(29)27-12-15-10-21(28)22(11-16(15)13-27)31-18-7-5-17(25)6-8-18/h5-9,15-16,21-22,28H,2-4,10-13H2,1H3/t15-,16+,21+,22+/m0/s1. The third kappa shape index (κ3) is 3.87. The first kappa shape index (κ1) is 20.2. The lowest BCUT2D eigenvalue weighted by Crippen LogP contribution is -2.42. The van der Waals surface area contributed by atoms with Gasteiger partial charge in [-0.1, -0.05) is 0 Å². The molecule has 5 rings (SSSR count). The monoisotopic (exact) mass is 426 g/mol. The first-order valence-corrected chi connectivity index (χ1v) is 11.0. The molecule has 0 unspecified atom stereocenters. The molecule has 1 aromatic heterocycles. The van der Waals surface area contributed by atoms with E-state index in [1.54, 1.807) is 19.2 Å². The van der Waals surface area contributed by atoms with Crippen LogP contribution in [0.2, 0.25) is 0 Å². The summed E-state index contributed by atoms with van der Waals surface area (Å²) in [5, 5.41) is 10.6. The van der Waals surface area contributed by atoms with E-state index in [1.807, 2.05) is 11.0 Å². The number of aliphatic hydroxyl groups is 1. The number of halogens is 1. The zero-order valence-corrected chi connectivity index (χ0v) is 17.6. The molecule has 2 fully saturated rings. The van der Waals surface area contributed by atoms with E-state index in [4.69, 9.17) is 9.47 Å². The Hall–Kier alpha value is -2.67. The Morgan fingerprint density at radius 1 is 1.16 bits per heavy atom. The number of aryl methyl sites for hydroxylation is 2. The van der Waals surface area contributed by atoms with Crippen LogP contribution in [0.4, 0.5) is 4.39 Å². The number of amides is 1. The van der Waals surface area contributed by atoms with Crippen LogP contribution in [0.15, 0.2) is 30.3 Å². The molecule has 2 aliphatic carbocycles. The third-order valence-corrected chi connectivity index (χ3v) is 6.91. The molecule has 1 saturated carbocycles. The van der Waals surface area contributed by atoms with Crippen LogP contribution >= 0.6 is 0 Å². The van der Waals surface area contributed by atoms with E-state index in [0.717, 1.165) is 30.5 Å². The Morgan fingerprint density at radius 3 is 2.65 bits per heavy atom. The maximum absolute atomic E-state index is 13.3. The first-order valence-electron chi connectivity index (χ1n) is 11.0. The minimum absolute atomic E-state index is 0.0565. The van der Waals surface area contributed by atoms with Gasteiger partial charge in [-0.3, -0.25) is 4.79 Å². The summed E-state index contributed by atoms with van der Waals surface area (Å²) in [4.78, 5) is 19.8. The lowest BCUT2D eigenvalue weighted by Gasteiger charge is -2.35. The molecule has 2 aromatic rings. The quantitative estimate of drug-likeness (QED) is 0.814. The number of benzene rings is 1. The Kier molecular flexibility index (Phi) is 5.30. The molecule has 0 radical (unpaired) electrons. The lowest BCUT2D eigenvalue weighted by molar-refractivity contribution is -0.0231. The maximum Gasteiger partial charge on any atom is 0.259 e. The number of hydrogen-bond donors (Lipinski definition) is 1. The van der Waals surface area contributed by atoms with Crippen LogP contribution in [0.1, 0.15) is 40.9 Å². The van der Waals surface area contributed by atoms with Gasteiger partial charge < -0.3 is 19.5 Å². The number of aromatic nitrogens is 1. The summed E-state index contributed by atoms with van der Waals surface area (Å²) in [6.07, 6.45) is 3.21. The zero-order chi connectivity index (χ0) is 21.5. The van der Waals surface area contributed by atoms with Crippen molar-refractivity contribution in [2.24, 2.45) is 11.8 Å². The van der Waals surface area contributed by atoms with E-state index in [-0.39, 0.29) is 29.7 Å². The summed E-state index contributed by atoms with van der Waals surface area (Å²) >= 11 is 0. The number of fused-ring (bicyclic) bond motifs is 2. The second-order valence-electron chi connectivity index (χ2n) is 8.88. The Labute approximate surface area is 181 Å². The van der Waals surface area contributed by atoms with Gasteiger partial charge in [-0.2, -0.15) is 0 Å². The van der Waals surface area contributed by atoms with Gasteiger partial charge in [0.05, 0.1) is 13.2 Å². The molecule has 7 heteroatoms. The van der Waals surface area contributed by atoms with Crippen molar-refractivity contribution >= 4 is 5.91 Å². The summed E-state index contributed by atoms with van der Waals surface area (Å²) < 4.78 is 24.5. The number of rotatable bonds is 4. The molecule has 4 atom stereocenters. The van der Waals surface area contributed by atoms with Crippen molar-refractivity contribution in [2.75, 3.05) is 20.2 Å². The molecule has 1 saturated heterocycles. The smallest absolute Gasteiger partial charge is 0.259 e. The molecule has 31 heavy (non-hydrogen) atoms. The molecule has 2 heterocycles. The second kappa shape index (κ2) is 8.11. The van der Waals surface area contributed by atoms with Gasteiger partial charge >= 0.3 is 0 Å². The Balaban J connectivity index is 1.29. The highest BCUT2D eigenvalue weighted by Crippen LogP contribution is 2.39. The van der Waals surface area contributed by atoms with Crippen LogP contribution in [0, 0.1) is 17.7 Å². The van der Waals surface area contributed by atoms with Gasteiger partial charge in [0.15, 0.2) is 0 Å². The van der Waals surface area contributed by atoms with Crippen molar-refractivity contribution in [1.29, 1.82) is 0 Å². The van der Waals surface area contributed by atoms with Gasteiger partial charge in [-0.15, -0.1) is 0 Å². The fraction of sp³-hybridized carbons (Fsp3) is 0.500. The van der Waals surface area contributed by atoms with Crippen molar-refractivity contribution in [2.45, 2.75) is 44.3 Å². The van der Waals surface area contributed by atoms with Gasteiger partial charge in [-0.05, 0) is 79.8 Å². The molecule has 1 N–H and O–H groups in total. The first-order chi connectivity index (χ1) is 15.0. The number of pyridine rings is 1. The molecule has 1 amide bonds. The normalized spacial score (nSPS) is 27.0. The third-order valence-electron chi connectivity index (χ3n) is 6.91. The summed E-state index contributed by atoms with van der Waals surface area (Å²) in [6.45, 7) is 1.24. The van der Waals surface area contributed by atoms with E-state index >= 15 is 0 Å². The molecule has 0 bridgehead atoms. The predicted octanol–water partition coefficient (Wildman–Crippen LogP) is 3.01. The summed E-state index contributed by atoms with van der Waals surface area (Å²) in [5.74, 6) is 1.06. The van der Waals surface area contributed by atoms with E-state index in [1.165, 1.54) is 12.1 Å². The van der Waals surface area contributed by atoms with Crippen LogP contribution < -0.4 is 9.47 Å². The minimum atomic E-state index is -0.613. The van der Waals surface area contributed by atoms with E-state index < -0.39 is 6.10 Å². The van der Waals surface area contributed by atoms with Crippen molar-refractivity contribution in [1.82, 2.24) is 9.88 Å². The van der Waals surface area contributed by atoms with E-state index in [2.05, 4.69) is 4.98 Å². The topological polar surface area (TPSA) is 71.9 Å². The number of hydrogen-bond acceptors (Lipinski definition) is 5. The molecule has 3 aliphatic rings. The number of ether oxygens (including phenoxy) is 2. The summed E-state index contributed by atoms with van der Waals surface area (Å²) in [6, 6.07) is 7.80. The highest BCUT2D eigenvalue weighted by Gasteiger charge is 2.44. The molecule has 164 valence electrons. The number of aliphatic hydroxyl groups excluding tert-OH is 1. The zero-order valence-electron chi connectivity index (χ0n) is 17.6. The van der Waals surface area contributed by atoms with Crippen LogP contribution in [0.25, 0.3) is 0 Å². The Morgan fingerprint density at radius 2 is 1.90 bits per heavy atom. The van der Waals surface area contributed by atoms with Crippen LogP contribution in [-0.4, -0.2) is 53.3 Å². The maximum atomic E-state index is 13.3. The van der Waals surface area contributed by atoms with Crippen molar-refractivity contribution in [3.63, 3.8) is 0 Å². The summed E-state index contributed by atoms with van der Waals surface area (Å²) in [7, 11) is 1.55. The predicted molar refractivity (Wildman–Crippen MR) is 112 cm³/mol. The molecule has 1 aliphatic heterocycles. The number of carbonyl (C=O) groups is 1. The number of nitrogens with zero attached hydrogens (tertiary/aromatic N) is 2. The van der Waals surface area contributed by atoms with Gasteiger partial charge in [0.25, 0.3) is 5.91 Å². The Bertz CT molecular complexity index is 980. The van der Waals surface area contributed by atoms with Gasteiger partial charge in [0.1, 0.15) is 23.2 Å². The van der Waals surface area contributed by atoms with Crippen LogP contribution in [0.5, 0.6) is 11.6 Å². The highest BCUT2D eigenvalue weighted by atomic mass is 19.1. The fourth-order valence-electron chi connectivity index (χ4n) is 5.30. The fourth-order valence-corrected chi connectivity index (χ4v) is 5.30. The van der Waals surface area contributed by atoms with Crippen molar-refractivity contribution in [3.8, 4) is 11.6 Å². The number of carbonyl (C=O) groups excluding carboxylic acids is 1. The molecular weight excluding hydrogens is 399 g/mol. The average molecular weight is 426 g/mol. The number of methoxy groups -OCH3 is 1. The van der Waals surface area contributed by atoms with Crippen LogP contribution in [-0.2, 0) is 12.8 Å².